The van der Waals surface area contributed by atoms with E-state index in [4.69, 9.17) is 0 Å². The topological polar surface area (TPSA) is 116 Å². The first-order chi connectivity index (χ1) is 23.0. The van der Waals surface area contributed by atoms with Crippen molar-refractivity contribution in [2.24, 2.45) is 0 Å². The summed E-state index contributed by atoms with van der Waals surface area (Å²) in [4.78, 5) is 11.9. The van der Waals surface area contributed by atoms with Crippen LogP contribution in [0.5, 0.6) is 0 Å². The summed E-state index contributed by atoms with van der Waals surface area (Å²) in [7, 11) is 0. The predicted molar refractivity (Wildman–Crippen MR) is 161 cm³/mol. The van der Waals surface area contributed by atoms with Crippen LogP contribution >= 0.6 is 0 Å². The first-order valence-corrected chi connectivity index (χ1v) is 14.7. The van der Waals surface area contributed by atoms with Crippen LogP contribution in [-0.2, 0) is 18.1 Å². The van der Waals surface area contributed by atoms with Gasteiger partial charge in [0.15, 0.2) is 5.60 Å². The first-order valence-electron chi connectivity index (χ1n) is 14.7. The third-order valence-electron chi connectivity index (χ3n) is 8.29. The van der Waals surface area contributed by atoms with Crippen LogP contribution in [0.4, 0.5) is 37.7 Å². The molecule has 10 nitrogen and oxygen atoms in total. The number of anilines is 2. The molecule has 1 aliphatic heterocycles. The van der Waals surface area contributed by atoms with E-state index in [1.807, 2.05) is 17.0 Å². The third kappa shape index (κ3) is 6.27. The van der Waals surface area contributed by atoms with Crippen LogP contribution in [0.25, 0.3) is 11.1 Å². The molecular weight excluding hydrogens is 642 g/mol. The van der Waals surface area contributed by atoms with Crippen LogP contribution < -0.4 is 9.80 Å². The van der Waals surface area contributed by atoms with Crippen molar-refractivity contribution in [3.8, 4) is 11.1 Å². The zero-order valence-electron chi connectivity index (χ0n) is 25.1. The van der Waals surface area contributed by atoms with E-state index in [0.717, 1.165) is 34.9 Å². The Morgan fingerprint density at radius 1 is 0.792 bits per heavy atom. The maximum absolute atomic E-state index is 16.1. The second kappa shape index (κ2) is 13.2. The number of hydrogen-bond donors (Lipinski definition) is 2. The fourth-order valence-corrected chi connectivity index (χ4v) is 5.65. The van der Waals surface area contributed by atoms with Crippen molar-refractivity contribution in [1.82, 2.24) is 30.2 Å². The number of tetrazole rings is 1. The van der Waals surface area contributed by atoms with Crippen molar-refractivity contribution in [3.05, 3.63) is 114 Å². The molecule has 0 aliphatic carbocycles. The van der Waals surface area contributed by atoms with Gasteiger partial charge in [0.2, 0.25) is 0 Å². The minimum Gasteiger partial charge on any atom is -0.384 e. The molecule has 1 unspecified atom stereocenters. The van der Waals surface area contributed by atoms with Crippen LogP contribution in [0, 0.1) is 17.5 Å². The van der Waals surface area contributed by atoms with E-state index in [0.29, 0.717) is 49.1 Å². The highest BCUT2D eigenvalue weighted by molar-refractivity contribution is 5.66. The molecule has 250 valence electrons. The number of nitrogens with zero attached hydrogens (tertiary/aromatic N) is 8. The Labute approximate surface area is 269 Å². The zero-order valence-corrected chi connectivity index (χ0v) is 25.1. The van der Waals surface area contributed by atoms with Gasteiger partial charge in [-0.15, -0.1) is 5.10 Å². The van der Waals surface area contributed by atoms with Crippen LogP contribution in [0.3, 0.4) is 0 Å². The average molecular weight is 671 g/mol. The summed E-state index contributed by atoms with van der Waals surface area (Å²) < 4.78 is 88.4. The minimum absolute atomic E-state index is 0.332. The average Bonchev–Trinajstić information content (AvgIpc) is 3.61. The Bertz CT molecular complexity index is 1860. The number of aliphatic hydroxyl groups excluding tert-OH is 1. The zero-order chi connectivity index (χ0) is 34.1. The lowest BCUT2D eigenvalue weighted by Gasteiger charge is -2.37. The maximum atomic E-state index is 16.1. The van der Waals surface area contributed by atoms with Crippen molar-refractivity contribution in [1.29, 1.82) is 0 Å². The van der Waals surface area contributed by atoms with Crippen molar-refractivity contribution < 1.29 is 36.6 Å². The number of pyridine rings is 2. The molecule has 2 atom stereocenters. The lowest BCUT2D eigenvalue weighted by Crippen LogP contribution is -2.48. The van der Waals surface area contributed by atoms with Crippen LogP contribution in [0.15, 0.2) is 79.4 Å². The van der Waals surface area contributed by atoms with Crippen LogP contribution in [0.2, 0.25) is 0 Å². The standard InChI is InChI=1S/C32H28F6N8O2/c33-15-28(47)30-27(36)14-24(17-40-30)45-11-9-44(10-12-45)23-5-1-20(2-6-23)21-3-8-29(39-16-21)32(37,38)31(48,18-46-19-41-42-43-46)25-7-4-22(34)13-26(25)35/h1-8,13-14,16-17,19,28,47-48H,9-12,15,18H2/t28?,31-/m0/s1. The van der Waals surface area contributed by atoms with Gasteiger partial charge >= 0.3 is 5.92 Å². The van der Waals surface area contributed by atoms with E-state index in [2.05, 4.69) is 30.4 Å². The van der Waals surface area contributed by atoms with Gasteiger partial charge in [0.25, 0.3) is 0 Å². The summed E-state index contributed by atoms with van der Waals surface area (Å²) in [6.07, 6.45) is 1.98. The molecule has 0 spiro atoms. The Balaban J connectivity index is 1.16. The highest BCUT2D eigenvalue weighted by Crippen LogP contribution is 2.47. The van der Waals surface area contributed by atoms with Gasteiger partial charge in [-0.3, -0.25) is 9.97 Å². The molecule has 0 saturated carbocycles. The van der Waals surface area contributed by atoms with Gasteiger partial charge in [-0.1, -0.05) is 18.2 Å². The number of halogens is 6. The van der Waals surface area contributed by atoms with Crippen molar-refractivity contribution in [2.45, 2.75) is 24.2 Å². The molecule has 0 bridgehead atoms. The van der Waals surface area contributed by atoms with Crippen LogP contribution in [-0.4, -0.2) is 73.2 Å². The van der Waals surface area contributed by atoms with Crippen LogP contribution in [0.1, 0.15) is 23.1 Å². The second-order valence-electron chi connectivity index (χ2n) is 11.3. The number of aliphatic hydroxyl groups is 2. The highest BCUT2D eigenvalue weighted by Gasteiger charge is 2.58. The number of piperazine rings is 1. The van der Waals surface area contributed by atoms with Gasteiger partial charge in [0, 0.05) is 61.3 Å². The summed E-state index contributed by atoms with van der Waals surface area (Å²) >= 11 is 0. The summed E-state index contributed by atoms with van der Waals surface area (Å²) in [6.45, 7) is 0.212. The van der Waals surface area contributed by atoms with Crippen molar-refractivity contribution >= 4 is 11.4 Å². The molecular formula is C32H28F6N8O2. The summed E-state index contributed by atoms with van der Waals surface area (Å²) in [5.41, 5.74) is -2.70. The molecule has 16 heteroatoms. The largest absolute Gasteiger partial charge is 0.384 e. The summed E-state index contributed by atoms with van der Waals surface area (Å²) in [5, 5.41) is 31.2. The van der Waals surface area contributed by atoms with E-state index in [-0.39, 0.29) is 5.69 Å². The van der Waals surface area contributed by atoms with Gasteiger partial charge in [0.05, 0.1) is 18.4 Å². The summed E-state index contributed by atoms with van der Waals surface area (Å²) in [5.74, 6) is -7.33. The van der Waals surface area contributed by atoms with Gasteiger partial charge < -0.3 is 20.0 Å². The van der Waals surface area contributed by atoms with Gasteiger partial charge in [0.1, 0.15) is 47.9 Å². The molecule has 2 aromatic carbocycles. The van der Waals surface area contributed by atoms with Gasteiger partial charge in [-0.25, -0.2) is 22.2 Å². The number of benzene rings is 2. The number of alkyl halides is 3. The van der Waals surface area contributed by atoms with E-state index < -0.39 is 59.6 Å². The Kier molecular flexibility index (Phi) is 9.03. The predicted octanol–water partition coefficient (Wildman–Crippen LogP) is 4.56. The molecule has 0 amide bonds. The lowest BCUT2D eigenvalue weighted by atomic mass is 9.84. The SMILES string of the molecule is OC(CF)c1ncc(N2CCN(c3ccc(-c4ccc(C(F)(F)[C@](O)(Cn5cnnn5)c5ccc(F)cc5F)nc4)cc3)CC2)cc1F. The molecule has 3 aromatic heterocycles. The minimum atomic E-state index is -4.18. The third-order valence-corrected chi connectivity index (χ3v) is 8.29. The smallest absolute Gasteiger partial charge is 0.323 e. The quantitative estimate of drug-likeness (QED) is 0.207. The van der Waals surface area contributed by atoms with Crippen molar-refractivity contribution in [2.75, 3.05) is 42.7 Å². The molecule has 1 saturated heterocycles. The van der Waals surface area contributed by atoms with E-state index >= 15 is 8.78 Å². The Morgan fingerprint density at radius 3 is 2.06 bits per heavy atom. The number of aromatic nitrogens is 6. The molecule has 48 heavy (non-hydrogen) atoms. The fraction of sp³-hybridized carbons (Fsp3) is 0.281. The van der Waals surface area contributed by atoms with Crippen molar-refractivity contribution in [3.63, 3.8) is 0 Å². The molecule has 0 radical (unpaired) electrons. The second-order valence-corrected chi connectivity index (χ2v) is 11.3. The molecule has 1 fully saturated rings. The number of rotatable bonds is 10. The fourth-order valence-electron chi connectivity index (χ4n) is 5.65. The maximum Gasteiger partial charge on any atom is 0.323 e. The monoisotopic (exact) mass is 670 g/mol. The molecule has 5 aromatic rings. The Hall–Kier alpha value is -5.09. The molecule has 6 rings (SSSR count). The van der Waals surface area contributed by atoms with E-state index in [1.54, 1.807) is 12.1 Å². The van der Waals surface area contributed by atoms with Gasteiger partial charge in [-0.2, -0.15) is 8.78 Å². The lowest BCUT2D eigenvalue weighted by molar-refractivity contribution is -0.207. The highest BCUT2D eigenvalue weighted by atomic mass is 19.3. The normalized spacial score (nSPS) is 15.8. The number of hydrogen-bond acceptors (Lipinski definition) is 9. The van der Waals surface area contributed by atoms with E-state index in [9.17, 15) is 27.8 Å². The van der Waals surface area contributed by atoms with Gasteiger partial charge in [-0.05, 0) is 46.3 Å². The Morgan fingerprint density at radius 2 is 1.48 bits per heavy atom. The first kappa shape index (κ1) is 32.8. The molecule has 1 aliphatic rings. The molecule has 2 N–H and O–H groups in total. The van der Waals surface area contributed by atoms with E-state index in [1.165, 1.54) is 24.5 Å². The summed E-state index contributed by atoms with van der Waals surface area (Å²) in [6, 6.07) is 12.9. The molecule has 4 heterocycles.